The molecule has 3 heterocycles. The average Bonchev–Trinajstić information content (AvgIpc) is 3.14. The maximum absolute atomic E-state index is 12.7. The minimum atomic E-state index is -0.173. The average molecular weight is 380 g/mol. The van der Waals surface area contributed by atoms with Gasteiger partial charge in [0.15, 0.2) is 0 Å². The van der Waals surface area contributed by atoms with Gasteiger partial charge in [-0.15, -0.1) is 0 Å². The number of piperazine rings is 1. The summed E-state index contributed by atoms with van der Waals surface area (Å²) in [6, 6.07) is 7.19. The number of fused-ring (bicyclic) bond motifs is 1. The topological polar surface area (TPSA) is 76.3 Å². The van der Waals surface area contributed by atoms with E-state index in [1.54, 1.807) is 12.1 Å². The maximum Gasteiger partial charge on any atom is 0.261 e. The predicted octanol–water partition coefficient (Wildman–Crippen LogP) is 0.746. The van der Waals surface area contributed by atoms with Crippen LogP contribution in [-0.2, 0) is 17.9 Å². The SMILES string of the molecule is Cc1nccn1CCN1CCN(C(=O)Cn2cnc3ccccc3c2=O)CC1. The van der Waals surface area contributed by atoms with E-state index >= 15 is 0 Å². The molecular formula is C20H24N6O2. The van der Waals surface area contributed by atoms with E-state index in [0.29, 0.717) is 24.0 Å². The zero-order chi connectivity index (χ0) is 19.5. The first-order valence-corrected chi connectivity index (χ1v) is 9.54. The van der Waals surface area contributed by atoms with Crippen molar-refractivity contribution in [2.24, 2.45) is 0 Å². The molecular weight excluding hydrogens is 356 g/mol. The van der Waals surface area contributed by atoms with Gasteiger partial charge in [0.05, 0.1) is 17.2 Å². The number of imidazole rings is 1. The summed E-state index contributed by atoms with van der Waals surface area (Å²) in [6.45, 7) is 6.90. The molecule has 0 spiro atoms. The lowest BCUT2D eigenvalue weighted by atomic mass is 10.2. The Hall–Kier alpha value is -3.00. The highest BCUT2D eigenvalue weighted by Gasteiger charge is 2.21. The fourth-order valence-corrected chi connectivity index (χ4v) is 3.57. The molecule has 0 aliphatic carbocycles. The molecule has 1 amide bonds. The van der Waals surface area contributed by atoms with Gasteiger partial charge in [0.2, 0.25) is 5.91 Å². The molecule has 4 rings (SSSR count). The van der Waals surface area contributed by atoms with Crippen molar-refractivity contribution in [3.8, 4) is 0 Å². The van der Waals surface area contributed by atoms with E-state index in [1.165, 1.54) is 10.9 Å². The fourth-order valence-electron chi connectivity index (χ4n) is 3.57. The van der Waals surface area contributed by atoms with Crippen LogP contribution < -0.4 is 5.56 Å². The standard InChI is InChI=1S/C20H24N6O2/c1-16-21-6-7-24(16)11-8-23-9-12-25(13-10-23)19(27)14-26-15-22-18-5-3-2-4-17(18)20(26)28/h2-7,15H,8-14H2,1H3. The van der Waals surface area contributed by atoms with Crippen molar-refractivity contribution in [2.75, 3.05) is 32.7 Å². The van der Waals surface area contributed by atoms with E-state index < -0.39 is 0 Å². The lowest BCUT2D eigenvalue weighted by Gasteiger charge is -2.34. The zero-order valence-corrected chi connectivity index (χ0v) is 16.0. The smallest absolute Gasteiger partial charge is 0.261 e. The second-order valence-electron chi connectivity index (χ2n) is 7.09. The highest BCUT2D eigenvalue weighted by Crippen LogP contribution is 2.07. The monoisotopic (exact) mass is 380 g/mol. The van der Waals surface area contributed by atoms with Crippen LogP contribution in [0.2, 0.25) is 0 Å². The first-order valence-electron chi connectivity index (χ1n) is 9.54. The number of carbonyl (C=O) groups is 1. The number of aryl methyl sites for hydroxylation is 1. The van der Waals surface area contributed by atoms with E-state index in [9.17, 15) is 9.59 Å². The third kappa shape index (κ3) is 3.82. The summed E-state index contributed by atoms with van der Waals surface area (Å²) in [4.78, 5) is 37.9. The number of nitrogens with zero attached hydrogens (tertiary/aromatic N) is 6. The molecule has 146 valence electrons. The lowest BCUT2D eigenvalue weighted by Crippen LogP contribution is -2.50. The van der Waals surface area contributed by atoms with Crippen LogP contribution in [0.25, 0.3) is 10.9 Å². The van der Waals surface area contributed by atoms with Crippen LogP contribution >= 0.6 is 0 Å². The Balaban J connectivity index is 1.32. The van der Waals surface area contributed by atoms with Crippen molar-refractivity contribution in [3.05, 3.63) is 59.2 Å². The Morgan fingerprint density at radius 3 is 2.57 bits per heavy atom. The van der Waals surface area contributed by atoms with Gasteiger partial charge in [-0.25, -0.2) is 9.97 Å². The van der Waals surface area contributed by atoms with Crippen molar-refractivity contribution in [1.82, 2.24) is 28.9 Å². The Kier molecular flexibility index (Phi) is 5.21. The van der Waals surface area contributed by atoms with Crippen LogP contribution in [0.5, 0.6) is 0 Å². The van der Waals surface area contributed by atoms with Crippen molar-refractivity contribution in [1.29, 1.82) is 0 Å². The van der Waals surface area contributed by atoms with Crippen molar-refractivity contribution >= 4 is 16.8 Å². The first kappa shape index (κ1) is 18.4. The number of hydrogen-bond donors (Lipinski definition) is 0. The second-order valence-corrected chi connectivity index (χ2v) is 7.09. The molecule has 0 bridgehead atoms. The van der Waals surface area contributed by atoms with E-state index in [1.807, 2.05) is 36.4 Å². The molecule has 2 aromatic heterocycles. The molecule has 1 aliphatic heterocycles. The normalized spacial score (nSPS) is 15.2. The quantitative estimate of drug-likeness (QED) is 0.653. The molecule has 1 aliphatic rings. The fraction of sp³-hybridized carbons (Fsp3) is 0.400. The number of hydrogen-bond acceptors (Lipinski definition) is 5. The summed E-state index contributed by atoms with van der Waals surface area (Å²) in [5, 5.41) is 0.539. The summed E-state index contributed by atoms with van der Waals surface area (Å²) in [6.07, 6.45) is 5.27. The second kappa shape index (κ2) is 7.93. The Morgan fingerprint density at radius 1 is 1.04 bits per heavy atom. The van der Waals surface area contributed by atoms with Crippen LogP contribution in [0.4, 0.5) is 0 Å². The van der Waals surface area contributed by atoms with E-state index in [2.05, 4.69) is 19.4 Å². The molecule has 8 nitrogen and oxygen atoms in total. The van der Waals surface area contributed by atoms with E-state index in [0.717, 1.165) is 32.0 Å². The molecule has 28 heavy (non-hydrogen) atoms. The van der Waals surface area contributed by atoms with Crippen LogP contribution in [0.1, 0.15) is 5.82 Å². The molecule has 0 unspecified atom stereocenters. The van der Waals surface area contributed by atoms with Crippen LogP contribution in [0.3, 0.4) is 0 Å². The lowest BCUT2D eigenvalue weighted by molar-refractivity contribution is -0.133. The van der Waals surface area contributed by atoms with Crippen LogP contribution in [-0.4, -0.2) is 67.5 Å². The molecule has 0 atom stereocenters. The Morgan fingerprint density at radius 2 is 1.82 bits per heavy atom. The molecule has 0 saturated carbocycles. The molecule has 1 saturated heterocycles. The highest BCUT2D eigenvalue weighted by atomic mass is 16.2. The number of carbonyl (C=O) groups excluding carboxylic acids is 1. The van der Waals surface area contributed by atoms with Gasteiger partial charge >= 0.3 is 0 Å². The molecule has 0 radical (unpaired) electrons. The van der Waals surface area contributed by atoms with Gasteiger partial charge in [-0.05, 0) is 19.1 Å². The van der Waals surface area contributed by atoms with Gasteiger partial charge in [0.25, 0.3) is 5.56 Å². The largest absolute Gasteiger partial charge is 0.339 e. The minimum absolute atomic E-state index is 0.0326. The van der Waals surface area contributed by atoms with E-state index in [4.69, 9.17) is 0 Å². The van der Waals surface area contributed by atoms with Crippen molar-refractivity contribution in [2.45, 2.75) is 20.0 Å². The van der Waals surface area contributed by atoms with Crippen LogP contribution in [0, 0.1) is 6.92 Å². The highest BCUT2D eigenvalue weighted by molar-refractivity contribution is 5.79. The Labute approximate surface area is 163 Å². The number of rotatable bonds is 5. The number of amides is 1. The number of para-hydroxylation sites is 1. The minimum Gasteiger partial charge on any atom is -0.339 e. The van der Waals surface area contributed by atoms with Gasteiger partial charge in [-0.1, -0.05) is 12.1 Å². The number of benzene rings is 1. The maximum atomic E-state index is 12.7. The third-order valence-electron chi connectivity index (χ3n) is 5.34. The summed E-state index contributed by atoms with van der Waals surface area (Å²) < 4.78 is 3.54. The summed E-state index contributed by atoms with van der Waals surface area (Å²) in [5.74, 6) is 0.979. The van der Waals surface area contributed by atoms with Gasteiger partial charge in [0.1, 0.15) is 12.4 Å². The van der Waals surface area contributed by atoms with Gasteiger partial charge in [-0.3, -0.25) is 19.1 Å². The molecule has 0 N–H and O–H groups in total. The summed E-state index contributed by atoms with van der Waals surface area (Å²) >= 11 is 0. The van der Waals surface area contributed by atoms with Gasteiger partial charge in [0, 0.05) is 51.7 Å². The Bertz CT molecular complexity index is 1030. The first-order chi connectivity index (χ1) is 13.6. The number of aromatic nitrogens is 4. The molecule has 3 aromatic rings. The summed E-state index contributed by atoms with van der Waals surface area (Å²) in [7, 11) is 0. The van der Waals surface area contributed by atoms with Gasteiger partial charge in [-0.2, -0.15) is 0 Å². The van der Waals surface area contributed by atoms with Gasteiger partial charge < -0.3 is 9.47 Å². The van der Waals surface area contributed by atoms with Crippen LogP contribution in [0.15, 0.2) is 47.8 Å². The zero-order valence-electron chi connectivity index (χ0n) is 16.0. The van der Waals surface area contributed by atoms with Crippen molar-refractivity contribution < 1.29 is 4.79 Å². The van der Waals surface area contributed by atoms with E-state index in [-0.39, 0.29) is 18.0 Å². The molecule has 8 heteroatoms. The molecule has 1 aromatic carbocycles. The summed E-state index contributed by atoms with van der Waals surface area (Å²) in [5.41, 5.74) is 0.478. The molecule has 1 fully saturated rings. The third-order valence-corrected chi connectivity index (χ3v) is 5.34. The van der Waals surface area contributed by atoms with Crippen molar-refractivity contribution in [3.63, 3.8) is 0 Å². The predicted molar refractivity (Wildman–Crippen MR) is 106 cm³/mol.